The molecule has 0 atom stereocenters. The number of nitrogens with zero attached hydrogens (tertiary/aromatic N) is 3. The largest absolute Gasteiger partial charge is 0.495 e. The number of primary sulfonamides is 1. The Balaban J connectivity index is 1.71. The van der Waals surface area contributed by atoms with E-state index in [2.05, 4.69) is 20.3 Å². The van der Waals surface area contributed by atoms with Crippen molar-refractivity contribution in [3.8, 4) is 5.75 Å². The number of rotatable bonds is 7. The third kappa shape index (κ3) is 5.16. The van der Waals surface area contributed by atoms with E-state index in [0.717, 1.165) is 17.4 Å². The van der Waals surface area contributed by atoms with E-state index in [1.54, 1.807) is 18.2 Å². The fourth-order valence-electron chi connectivity index (χ4n) is 2.21. The second kappa shape index (κ2) is 8.38. The number of benzene rings is 1. The summed E-state index contributed by atoms with van der Waals surface area (Å²) in [7, 11) is -2.36. The van der Waals surface area contributed by atoms with Gasteiger partial charge in [-0.2, -0.15) is 15.0 Å². The Kier molecular flexibility index (Phi) is 5.91. The molecule has 0 aliphatic rings. The molecule has 2 heterocycles. The smallest absolute Gasteiger partial charge is 0.339 e. The van der Waals surface area contributed by atoms with Crippen LogP contribution in [0.1, 0.15) is 16.2 Å². The summed E-state index contributed by atoms with van der Waals surface area (Å²) in [6.45, 7) is -0.299. The molecule has 13 heteroatoms. The van der Waals surface area contributed by atoms with Crippen molar-refractivity contribution in [1.82, 2.24) is 15.0 Å². The Morgan fingerprint density at radius 3 is 2.69 bits per heavy atom. The van der Waals surface area contributed by atoms with Crippen molar-refractivity contribution in [2.45, 2.75) is 10.8 Å². The highest BCUT2D eigenvalue weighted by molar-refractivity contribution is 7.91. The molecule has 0 fully saturated rings. The van der Waals surface area contributed by atoms with Gasteiger partial charge in [0.05, 0.1) is 18.4 Å². The number of hydrogen-bond acceptors (Lipinski definition) is 11. The number of carbonyl (C=O) groups is 1. The van der Waals surface area contributed by atoms with Crippen LogP contribution in [0.15, 0.2) is 39.9 Å². The Bertz CT molecular complexity index is 1150. The molecule has 2 aromatic heterocycles. The lowest BCUT2D eigenvalue weighted by Crippen LogP contribution is -2.12. The van der Waals surface area contributed by atoms with Gasteiger partial charge in [0.2, 0.25) is 21.9 Å². The van der Waals surface area contributed by atoms with Gasteiger partial charge >= 0.3 is 5.97 Å². The number of esters is 1. The highest BCUT2D eigenvalue weighted by Crippen LogP contribution is 2.25. The second-order valence-corrected chi connectivity index (χ2v) is 8.23. The summed E-state index contributed by atoms with van der Waals surface area (Å²) in [6.07, 6.45) is 0. The maximum Gasteiger partial charge on any atom is 0.339 e. The van der Waals surface area contributed by atoms with E-state index >= 15 is 0 Å². The van der Waals surface area contributed by atoms with Crippen molar-refractivity contribution in [3.05, 3.63) is 47.1 Å². The highest BCUT2D eigenvalue weighted by Gasteiger charge is 2.17. The molecule has 0 saturated heterocycles. The zero-order valence-corrected chi connectivity index (χ0v) is 16.7. The van der Waals surface area contributed by atoms with Crippen LogP contribution in [0, 0.1) is 0 Å². The molecule has 0 unspecified atom stereocenters. The van der Waals surface area contributed by atoms with E-state index in [-0.39, 0.29) is 34.1 Å². The number of methoxy groups -OCH3 is 1. The lowest BCUT2D eigenvalue weighted by molar-refractivity contribution is 0.0462. The summed E-state index contributed by atoms with van der Waals surface area (Å²) in [4.78, 5) is 24.2. The van der Waals surface area contributed by atoms with Crippen molar-refractivity contribution >= 4 is 44.9 Å². The van der Waals surface area contributed by atoms with Gasteiger partial charge in [0.1, 0.15) is 9.96 Å². The minimum Gasteiger partial charge on any atom is -0.495 e. The number of ether oxygens (including phenoxy) is 2. The normalized spacial score (nSPS) is 11.1. The van der Waals surface area contributed by atoms with Crippen LogP contribution < -0.4 is 20.9 Å². The Hall–Kier alpha value is -3.29. The Morgan fingerprint density at radius 1 is 1.24 bits per heavy atom. The van der Waals surface area contributed by atoms with E-state index in [1.165, 1.54) is 12.5 Å². The summed E-state index contributed by atoms with van der Waals surface area (Å²) < 4.78 is 32.8. The zero-order chi connectivity index (χ0) is 21.0. The predicted octanol–water partition coefficient (Wildman–Crippen LogP) is 1.27. The standard InChI is InChI=1S/C16H16N6O5S2/c1-26-11-5-3-2-4-10(11)19-16-21-12(20-15(17)22-16)7-27-14(23)9-6-13(28-8-9)29(18,24)25/h2-6,8H,7H2,1H3,(H2,18,24,25)(H3,17,19,20,21,22). The second-order valence-electron chi connectivity index (χ2n) is 5.53. The van der Waals surface area contributed by atoms with Gasteiger partial charge in [-0.05, 0) is 18.2 Å². The van der Waals surface area contributed by atoms with E-state index < -0.39 is 16.0 Å². The molecule has 3 rings (SSSR count). The first-order valence-electron chi connectivity index (χ1n) is 7.95. The third-order valence-corrected chi connectivity index (χ3v) is 5.86. The first-order valence-corrected chi connectivity index (χ1v) is 10.4. The lowest BCUT2D eigenvalue weighted by Gasteiger charge is -2.10. The number of sulfonamides is 1. The van der Waals surface area contributed by atoms with Crippen molar-refractivity contribution in [3.63, 3.8) is 0 Å². The average molecular weight is 436 g/mol. The minimum absolute atomic E-state index is 0.0495. The molecule has 5 N–H and O–H groups in total. The Labute approximate surface area is 169 Å². The fourth-order valence-corrected chi connectivity index (χ4v) is 3.79. The van der Waals surface area contributed by atoms with E-state index in [4.69, 9.17) is 20.3 Å². The number of carbonyl (C=O) groups excluding carboxylic acids is 1. The van der Waals surface area contributed by atoms with Gasteiger partial charge in [-0.1, -0.05) is 12.1 Å². The van der Waals surface area contributed by atoms with Crippen LogP contribution >= 0.6 is 11.3 Å². The number of thiophene rings is 1. The van der Waals surface area contributed by atoms with E-state index in [9.17, 15) is 13.2 Å². The molecular formula is C16H16N6O5S2. The molecule has 152 valence electrons. The first-order chi connectivity index (χ1) is 13.8. The molecule has 0 radical (unpaired) electrons. The van der Waals surface area contributed by atoms with Crippen molar-refractivity contribution < 1.29 is 22.7 Å². The number of nitrogen functional groups attached to an aromatic ring is 1. The first kappa shape index (κ1) is 20.4. The van der Waals surface area contributed by atoms with Crippen molar-refractivity contribution in [2.24, 2.45) is 5.14 Å². The summed E-state index contributed by atoms with van der Waals surface area (Å²) in [5, 5.41) is 9.32. The molecule has 29 heavy (non-hydrogen) atoms. The summed E-state index contributed by atoms with van der Waals surface area (Å²) in [5.41, 5.74) is 6.36. The predicted molar refractivity (Wildman–Crippen MR) is 105 cm³/mol. The van der Waals surface area contributed by atoms with Crippen LogP contribution in [0.4, 0.5) is 17.6 Å². The molecule has 0 spiro atoms. The van der Waals surface area contributed by atoms with Gasteiger partial charge in [0.15, 0.2) is 12.4 Å². The van der Waals surface area contributed by atoms with Crippen molar-refractivity contribution in [2.75, 3.05) is 18.2 Å². The minimum atomic E-state index is -3.89. The lowest BCUT2D eigenvalue weighted by atomic mass is 10.3. The van der Waals surface area contributed by atoms with Crippen LogP contribution in [0.5, 0.6) is 5.75 Å². The van der Waals surface area contributed by atoms with E-state index in [0.29, 0.717) is 11.4 Å². The number of nitrogens with two attached hydrogens (primary N) is 2. The van der Waals surface area contributed by atoms with Gasteiger partial charge in [0.25, 0.3) is 0 Å². The molecule has 0 aliphatic heterocycles. The number of aromatic nitrogens is 3. The number of anilines is 3. The monoisotopic (exact) mass is 436 g/mol. The molecule has 0 saturated carbocycles. The Morgan fingerprint density at radius 2 is 2.00 bits per heavy atom. The topological polar surface area (TPSA) is 172 Å². The zero-order valence-electron chi connectivity index (χ0n) is 15.0. The average Bonchev–Trinajstić information content (AvgIpc) is 3.17. The molecule has 0 aliphatic carbocycles. The van der Waals surface area contributed by atoms with Gasteiger partial charge < -0.3 is 20.5 Å². The van der Waals surface area contributed by atoms with Crippen LogP contribution in [0.2, 0.25) is 0 Å². The number of nitrogens with one attached hydrogen (secondary N) is 1. The highest BCUT2D eigenvalue weighted by atomic mass is 32.2. The summed E-state index contributed by atoms with van der Waals surface area (Å²) in [6, 6.07) is 8.26. The van der Waals surface area contributed by atoms with Gasteiger partial charge in [-0.3, -0.25) is 0 Å². The van der Waals surface area contributed by atoms with Gasteiger partial charge in [0, 0.05) is 5.38 Å². The third-order valence-electron chi connectivity index (χ3n) is 3.48. The molecule has 1 aromatic carbocycles. The molecule has 11 nitrogen and oxygen atoms in total. The van der Waals surface area contributed by atoms with Crippen LogP contribution in [0.25, 0.3) is 0 Å². The molecule has 0 bridgehead atoms. The molecular weight excluding hydrogens is 420 g/mol. The van der Waals surface area contributed by atoms with E-state index in [1.807, 2.05) is 6.07 Å². The van der Waals surface area contributed by atoms with Gasteiger partial charge in [-0.15, -0.1) is 11.3 Å². The summed E-state index contributed by atoms with van der Waals surface area (Å²) in [5.74, 6) is -0.0160. The van der Waals surface area contributed by atoms with Crippen LogP contribution in [-0.2, 0) is 21.4 Å². The molecule has 0 amide bonds. The summed E-state index contributed by atoms with van der Waals surface area (Å²) >= 11 is 0.819. The van der Waals surface area contributed by atoms with Gasteiger partial charge in [-0.25, -0.2) is 18.4 Å². The SMILES string of the molecule is COc1ccccc1Nc1nc(N)nc(COC(=O)c2csc(S(N)(=O)=O)c2)n1. The fraction of sp³-hybridized carbons (Fsp3) is 0.125. The quantitative estimate of drug-likeness (QED) is 0.458. The number of para-hydroxylation sites is 2. The maximum atomic E-state index is 12.1. The van der Waals surface area contributed by atoms with Crippen LogP contribution in [0.3, 0.4) is 0 Å². The number of hydrogen-bond donors (Lipinski definition) is 3. The van der Waals surface area contributed by atoms with Crippen molar-refractivity contribution in [1.29, 1.82) is 0 Å². The maximum absolute atomic E-state index is 12.1. The van der Waals surface area contributed by atoms with Crippen LogP contribution in [-0.4, -0.2) is 36.4 Å². The molecule has 3 aromatic rings.